The molecule has 28 heavy (non-hydrogen) atoms. The lowest BCUT2D eigenvalue weighted by Gasteiger charge is -2.26. The number of carbonyl (C=O) groups is 2. The summed E-state index contributed by atoms with van der Waals surface area (Å²) < 4.78 is 13.0. The van der Waals surface area contributed by atoms with Gasteiger partial charge >= 0.3 is 0 Å². The molecule has 0 aliphatic carbocycles. The van der Waals surface area contributed by atoms with E-state index < -0.39 is 0 Å². The molecule has 1 N–H and O–H groups in total. The number of nitrogens with one attached hydrogen (secondary N) is 1. The van der Waals surface area contributed by atoms with Crippen molar-refractivity contribution >= 4 is 23.2 Å². The highest BCUT2D eigenvalue weighted by Gasteiger charge is 2.18. The minimum Gasteiger partial charge on any atom is -0.372 e. The summed E-state index contributed by atoms with van der Waals surface area (Å²) in [6.45, 7) is 9.60. The summed E-state index contributed by atoms with van der Waals surface area (Å²) >= 11 is 0. The Kier molecular flexibility index (Phi) is 7.55. The van der Waals surface area contributed by atoms with Crippen molar-refractivity contribution in [1.82, 2.24) is 5.32 Å². The zero-order valence-electron chi connectivity index (χ0n) is 17.0. The zero-order valence-corrected chi connectivity index (χ0v) is 17.0. The number of benzene rings is 2. The van der Waals surface area contributed by atoms with Gasteiger partial charge in [-0.2, -0.15) is 0 Å². The van der Waals surface area contributed by atoms with Gasteiger partial charge in [-0.15, -0.1) is 0 Å². The van der Waals surface area contributed by atoms with Crippen LogP contribution in [0.2, 0.25) is 0 Å². The normalized spacial score (nSPS) is 10.5. The molecule has 5 nitrogen and oxygen atoms in total. The summed E-state index contributed by atoms with van der Waals surface area (Å²) in [4.78, 5) is 28.2. The number of anilines is 2. The first kappa shape index (κ1) is 21.4. The van der Waals surface area contributed by atoms with E-state index in [0.29, 0.717) is 0 Å². The van der Waals surface area contributed by atoms with E-state index in [9.17, 15) is 14.0 Å². The van der Waals surface area contributed by atoms with Gasteiger partial charge in [0.1, 0.15) is 12.4 Å². The highest BCUT2D eigenvalue weighted by atomic mass is 19.1. The third kappa shape index (κ3) is 5.55. The summed E-state index contributed by atoms with van der Waals surface area (Å²) in [7, 11) is 0. The van der Waals surface area contributed by atoms with Crippen molar-refractivity contribution < 1.29 is 14.0 Å². The molecule has 0 radical (unpaired) electrons. The van der Waals surface area contributed by atoms with Crippen molar-refractivity contribution in [2.75, 3.05) is 29.4 Å². The predicted octanol–water partition coefficient (Wildman–Crippen LogP) is 3.65. The highest BCUT2D eigenvalue weighted by molar-refractivity contribution is 5.98. The summed E-state index contributed by atoms with van der Waals surface area (Å²) in [6.07, 6.45) is 0. The Labute approximate surface area is 166 Å². The molecule has 2 amide bonds. The van der Waals surface area contributed by atoms with Crippen LogP contribution in [-0.2, 0) is 16.1 Å². The van der Waals surface area contributed by atoms with Crippen molar-refractivity contribution in [3.05, 3.63) is 59.4 Å². The Morgan fingerprint density at radius 1 is 1.04 bits per heavy atom. The highest BCUT2D eigenvalue weighted by Crippen LogP contribution is 2.26. The van der Waals surface area contributed by atoms with Gasteiger partial charge in [-0.25, -0.2) is 4.39 Å². The molecule has 150 valence electrons. The smallest absolute Gasteiger partial charge is 0.240 e. The van der Waals surface area contributed by atoms with Crippen LogP contribution in [0, 0.1) is 12.7 Å². The van der Waals surface area contributed by atoms with Crippen LogP contribution in [0.4, 0.5) is 15.8 Å². The maximum atomic E-state index is 13.0. The van der Waals surface area contributed by atoms with E-state index in [1.54, 1.807) is 12.1 Å². The van der Waals surface area contributed by atoms with Crippen molar-refractivity contribution in [3.63, 3.8) is 0 Å². The number of carbonyl (C=O) groups excluding carboxylic acids is 2. The molecule has 0 spiro atoms. The van der Waals surface area contributed by atoms with E-state index in [-0.39, 0.29) is 30.7 Å². The van der Waals surface area contributed by atoms with Crippen LogP contribution < -0.4 is 15.1 Å². The van der Waals surface area contributed by atoms with Crippen molar-refractivity contribution in [3.8, 4) is 0 Å². The molecule has 2 aromatic rings. The molecule has 2 rings (SSSR count). The first-order valence-electron chi connectivity index (χ1n) is 9.50. The number of hydrogen-bond acceptors (Lipinski definition) is 3. The monoisotopic (exact) mass is 385 g/mol. The van der Waals surface area contributed by atoms with Gasteiger partial charge in [0, 0.05) is 37.9 Å². The third-order valence-corrected chi connectivity index (χ3v) is 4.68. The molecule has 0 aliphatic heterocycles. The molecule has 0 heterocycles. The summed E-state index contributed by atoms with van der Waals surface area (Å²) in [5.74, 6) is -0.788. The van der Waals surface area contributed by atoms with Crippen LogP contribution in [0.3, 0.4) is 0 Å². The second kappa shape index (κ2) is 9.88. The fourth-order valence-electron chi connectivity index (χ4n) is 3.10. The Hall–Kier alpha value is -2.89. The number of nitrogens with zero attached hydrogens (tertiary/aromatic N) is 2. The first-order valence-corrected chi connectivity index (χ1v) is 9.50. The van der Waals surface area contributed by atoms with Crippen molar-refractivity contribution in [2.45, 2.75) is 34.2 Å². The molecule has 0 bridgehead atoms. The van der Waals surface area contributed by atoms with Crippen LogP contribution in [0.5, 0.6) is 0 Å². The maximum Gasteiger partial charge on any atom is 0.240 e. The van der Waals surface area contributed by atoms with Crippen molar-refractivity contribution in [1.29, 1.82) is 0 Å². The van der Waals surface area contributed by atoms with E-state index in [1.807, 2.05) is 25.1 Å². The topological polar surface area (TPSA) is 52.6 Å². The van der Waals surface area contributed by atoms with E-state index >= 15 is 0 Å². The van der Waals surface area contributed by atoms with Gasteiger partial charge in [-0.05, 0) is 62.2 Å². The molecule has 0 saturated carbocycles. The Morgan fingerprint density at radius 3 is 2.21 bits per heavy atom. The van der Waals surface area contributed by atoms with E-state index in [4.69, 9.17) is 0 Å². The number of rotatable bonds is 8. The Bertz CT molecular complexity index is 817. The number of amides is 2. The van der Waals surface area contributed by atoms with Gasteiger partial charge in [0.15, 0.2) is 0 Å². The lowest BCUT2D eigenvalue weighted by Crippen LogP contribution is -2.40. The lowest BCUT2D eigenvalue weighted by molar-refractivity contribution is -0.123. The largest absolute Gasteiger partial charge is 0.372 e. The molecular weight excluding hydrogens is 357 g/mol. The van der Waals surface area contributed by atoms with Gasteiger partial charge in [-0.1, -0.05) is 12.1 Å². The third-order valence-electron chi connectivity index (χ3n) is 4.68. The van der Waals surface area contributed by atoms with E-state index in [1.165, 1.54) is 24.0 Å². The maximum absolute atomic E-state index is 13.0. The Balaban J connectivity index is 2.09. The molecule has 2 aromatic carbocycles. The van der Waals surface area contributed by atoms with Crippen LogP contribution >= 0.6 is 0 Å². The quantitative estimate of drug-likeness (QED) is 0.755. The summed E-state index contributed by atoms with van der Waals surface area (Å²) in [5, 5.41) is 2.78. The second-order valence-electron chi connectivity index (χ2n) is 6.65. The van der Waals surface area contributed by atoms with Crippen LogP contribution in [0.1, 0.15) is 31.9 Å². The first-order chi connectivity index (χ1) is 13.3. The van der Waals surface area contributed by atoms with E-state index in [0.717, 1.165) is 35.6 Å². The second-order valence-corrected chi connectivity index (χ2v) is 6.65. The molecule has 0 aliphatic rings. The molecular formula is C22H28FN3O2. The minimum absolute atomic E-state index is 0.0675. The van der Waals surface area contributed by atoms with Gasteiger partial charge in [-0.3, -0.25) is 9.59 Å². The number of aryl methyl sites for hydroxylation is 1. The average molecular weight is 385 g/mol. The lowest BCUT2D eigenvalue weighted by atomic mass is 10.1. The number of halogens is 1. The molecule has 6 heteroatoms. The van der Waals surface area contributed by atoms with Crippen LogP contribution in [0.25, 0.3) is 0 Å². The molecule has 0 atom stereocenters. The molecule has 0 aromatic heterocycles. The van der Waals surface area contributed by atoms with Crippen LogP contribution in [0.15, 0.2) is 42.5 Å². The van der Waals surface area contributed by atoms with Crippen molar-refractivity contribution in [2.24, 2.45) is 0 Å². The molecule has 0 saturated heterocycles. The number of hydrogen-bond donors (Lipinski definition) is 1. The van der Waals surface area contributed by atoms with Gasteiger partial charge in [0.25, 0.3) is 0 Å². The van der Waals surface area contributed by atoms with Gasteiger partial charge in [0.2, 0.25) is 11.8 Å². The fourth-order valence-corrected chi connectivity index (χ4v) is 3.10. The SMILES string of the molecule is CCN(CC)c1ccc(N(CC(=O)NCc2ccc(F)cc2)C(C)=O)c(C)c1. The Morgan fingerprint density at radius 2 is 1.68 bits per heavy atom. The molecule has 0 unspecified atom stereocenters. The van der Waals surface area contributed by atoms with Crippen LogP contribution in [-0.4, -0.2) is 31.4 Å². The summed E-state index contributed by atoms with van der Waals surface area (Å²) in [6, 6.07) is 11.8. The molecule has 0 fully saturated rings. The summed E-state index contributed by atoms with van der Waals surface area (Å²) in [5.41, 5.74) is 3.55. The zero-order chi connectivity index (χ0) is 20.7. The standard InChI is InChI=1S/C22H28FN3O2/c1-5-25(6-2)20-11-12-21(16(3)13-20)26(17(4)27)15-22(28)24-14-18-7-9-19(23)10-8-18/h7-13H,5-6,14-15H2,1-4H3,(H,24,28). The van der Waals surface area contributed by atoms with E-state index in [2.05, 4.69) is 24.1 Å². The predicted molar refractivity (Wildman–Crippen MR) is 111 cm³/mol. The van der Waals surface area contributed by atoms with Gasteiger partial charge < -0.3 is 15.1 Å². The minimum atomic E-state index is -0.318. The fraction of sp³-hybridized carbons (Fsp3) is 0.364. The average Bonchev–Trinajstić information content (AvgIpc) is 2.67. The van der Waals surface area contributed by atoms with Gasteiger partial charge in [0.05, 0.1) is 0 Å².